The molecule has 5 nitrogen and oxygen atoms in total. The molecule has 0 fully saturated rings. The van der Waals surface area contributed by atoms with Crippen molar-refractivity contribution in [1.29, 1.82) is 0 Å². The van der Waals surface area contributed by atoms with Crippen LogP contribution in [0, 0.1) is 0 Å². The zero-order valence-corrected chi connectivity index (χ0v) is 13.2. The summed E-state index contributed by atoms with van der Waals surface area (Å²) in [7, 11) is -4.15. The summed E-state index contributed by atoms with van der Waals surface area (Å²) in [6.45, 7) is 0. The van der Waals surface area contributed by atoms with Crippen LogP contribution in [0.2, 0.25) is 0 Å². The molecule has 3 aromatic rings. The molecular formula is C16H10F3NO4S. The Morgan fingerprint density at radius 1 is 1.04 bits per heavy atom. The largest absolute Gasteiger partial charge is 0.478 e. The maximum absolute atomic E-state index is 12.9. The summed E-state index contributed by atoms with van der Waals surface area (Å²) in [4.78, 5) is 11.3. The lowest BCUT2D eigenvalue weighted by Gasteiger charge is -2.09. The van der Waals surface area contributed by atoms with Crippen molar-refractivity contribution in [3.63, 3.8) is 0 Å². The van der Waals surface area contributed by atoms with Crippen molar-refractivity contribution in [3.05, 3.63) is 65.9 Å². The van der Waals surface area contributed by atoms with Crippen LogP contribution in [0.3, 0.4) is 0 Å². The minimum Gasteiger partial charge on any atom is -0.478 e. The second-order valence-corrected chi connectivity index (χ2v) is 7.01. The third-order valence-electron chi connectivity index (χ3n) is 3.63. The molecule has 0 saturated heterocycles. The van der Waals surface area contributed by atoms with Crippen LogP contribution in [0.25, 0.3) is 10.9 Å². The fraction of sp³-hybridized carbons (Fsp3) is 0.0625. The SMILES string of the molecule is O=C(O)c1cn(S(=O)(=O)c2ccccc2)c2ccc(C(F)(F)F)cc12. The van der Waals surface area contributed by atoms with Gasteiger partial charge < -0.3 is 5.11 Å². The lowest BCUT2D eigenvalue weighted by atomic mass is 10.1. The summed E-state index contributed by atoms with van der Waals surface area (Å²) in [5.74, 6) is -1.52. The molecule has 0 radical (unpaired) electrons. The number of carboxylic acid groups (broad SMARTS) is 1. The van der Waals surface area contributed by atoms with Gasteiger partial charge in [-0.15, -0.1) is 0 Å². The summed E-state index contributed by atoms with van der Waals surface area (Å²) in [6, 6.07) is 9.49. The predicted molar refractivity (Wildman–Crippen MR) is 82.9 cm³/mol. The highest BCUT2D eigenvalue weighted by molar-refractivity contribution is 7.90. The van der Waals surface area contributed by atoms with E-state index in [-0.39, 0.29) is 15.8 Å². The molecule has 0 aliphatic heterocycles. The van der Waals surface area contributed by atoms with Crippen LogP contribution in [0.5, 0.6) is 0 Å². The normalized spacial score (nSPS) is 12.4. The van der Waals surface area contributed by atoms with Crippen molar-refractivity contribution in [3.8, 4) is 0 Å². The van der Waals surface area contributed by atoms with Crippen LogP contribution in [0.15, 0.2) is 59.6 Å². The fourth-order valence-electron chi connectivity index (χ4n) is 2.45. The van der Waals surface area contributed by atoms with Crippen molar-refractivity contribution >= 4 is 26.9 Å². The average molecular weight is 369 g/mol. The quantitative estimate of drug-likeness (QED) is 0.765. The third-order valence-corrected chi connectivity index (χ3v) is 5.32. The smallest absolute Gasteiger partial charge is 0.416 e. The van der Waals surface area contributed by atoms with Gasteiger partial charge in [-0.3, -0.25) is 0 Å². The van der Waals surface area contributed by atoms with Crippen molar-refractivity contribution in [2.45, 2.75) is 11.1 Å². The van der Waals surface area contributed by atoms with E-state index in [0.29, 0.717) is 16.1 Å². The molecule has 25 heavy (non-hydrogen) atoms. The molecule has 130 valence electrons. The number of nitrogens with zero attached hydrogens (tertiary/aromatic N) is 1. The lowest BCUT2D eigenvalue weighted by molar-refractivity contribution is -0.137. The minimum atomic E-state index is -4.68. The molecule has 1 N–H and O–H groups in total. The van der Waals surface area contributed by atoms with Gasteiger partial charge in [0.15, 0.2) is 0 Å². The first-order valence-corrected chi connectivity index (χ1v) is 8.32. The van der Waals surface area contributed by atoms with Gasteiger partial charge in [0, 0.05) is 11.6 Å². The van der Waals surface area contributed by atoms with Crippen LogP contribution in [-0.4, -0.2) is 23.5 Å². The summed E-state index contributed by atoms with van der Waals surface area (Å²) in [5, 5.41) is 8.93. The van der Waals surface area contributed by atoms with Gasteiger partial charge in [-0.05, 0) is 30.3 Å². The first kappa shape index (κ1) is 17.0. The maximum Gasteiger partial charge on any atom is 0.416 e. The van der Waals surface area contributed by atoms with Gasteiger partial charge in [0.05, 0.1) is 21.5 Å². The van der Waals surface area contributed by atoms with Crippen LogP contribution < -0.4 is 0 Å². The fourth-order valence-corrected chi connectivity index (χ4v) is 3.84. The number of carbonyl (C=O) groups is 1. The van der Waals surface area contributed by atoms with Crippen LogP contribution in [0.4, 0.5) is 13.2 Å². The van der Waals surface area contributed by atoms with Crippen molar-refractivity contribution in [1.82, 2.24) is 3.97 Å². The van der Waals surface area contributed by atoms with Gasteiger partial charge in [0.1, 0.15) is 0 Å². The van der Waals surface area contributed by atoms with Gasteiger partial charge >= 0.3 is 12.1 Å². The molecule has 1 aromatic heterocycles. The molecule has 0 amide bonds. The number of alkyl halides is 3. The third kappa shape index (κ3) is 2.86. The number of rotatable bonds is 3. The predicted octanol–water partition coefficient (Wildman–Crippen LogP) is 3.60. The van der Waals surface area contributed by atoms with E-state index in [1.807, 2.05) is 0 Å². The second kappa shape index (κ2) is 5.62. The highest BCUT2D eigenvalue weighted by Gasteiger charge is 2.32. The Kier molecular flexibility index (Phi) is 3.83. The van der Waals surface area contributed by atoms with E-state index in [9.17, 15) is 31.5 Å². The Bertz CT molecular complexity index is 1070. The van der Waals surface area contributed by atoms with Gasteiger partial charge in [-0.25, -0.2) is 17.2 Å². The number of aromatic carboxylic acids is 1. The molecule has 0 bridgehead atoms. The van der Waals surface area contributed by atoms with Gasteiger partial charge in [-0.1, -0.05) is 18.2 Å². The monoisotopic (exact) mass is 369 g/mol. The van der Waals surface area contributed by atoms with E-state index in [2.05, 4.69) is 0 Å². The number of hydrogen-bond acceptors (Lipinski definition) is 3. The Morgan fingerprint density at radius 2 is 1.68 bits per heavy atom. The molecule has 0 unspecified atom stereocenters. The van der Waals surface area contributed by atoms with E-state index >= 15 is 0 Å². The van der Waals surface area contributed by atoms with Crippen LogP contribution in [-0.2, 0) is 16.2 Å². The highest BCUT2D eigenvalue weighted by Crippen LogP contribution is 2.34. The van der Waals surface area contributed by atoms with Crippen molar-refractivity contribution < 1.29 is 31.5 Å². The standard InChI is InChI=1S/C16H10F3NO4S/c17-16(18,19)10-6-7-14-12(8-10)13(15(21)22)9-20(14)25(23,24)11-4-2-1-3-5-11/h1-9H,(H,21,22). The minimum absolute atomic E-state index is 0.108. The van der Waals surface area contributed by atoms with Gasteiger partial charge in [-0.2, -0.15) is 13.2 Å². The molecule has 0 saturated carbocycles. The summed E-state index contributed by atoms with van der Waals surface area (Å²) in [5.41, 5.74) is -1.73. The number of fused-ring (bicyclic) bond motifs is 1. The lowest BCUT2D eigenvalue weighted by Crippen LogP contribution is -2.12. The van der Waals surface area contributed by atoms with Gasteiger partial charge in [0.25, 0.3) is 10.0 Å². The number of hydrogen-bond donors (Lipinski definition) is 1. The Balaban J connectivity index is 2.33. The Hall–Kier alpha value is -2.81. The average Bonchev–Trinajstić information content (AvgIpc) is 2.94. The van der Waals surface area contributed by atoms with Crippen LogP contribution >= 0.6 is 0 Å². The number of aromatic nitrogens is 1. The molecular weight excluding hydrogens is 359 g/mol. The number of benzene rings is 2. The molecule has 0 spiro atoms. The van der Waals surface area contributed by atoms with E-state index in [0.717, 1.165) is 12.3 Å². The first-order chi connectivity index (χ1) is 11.6. The number of carboxylic acids is 1. The summed E-state index contributed by atoms with van der Waals surface area (Å²) < 4.78 is 64.8. The Morgan fingerprint density at radius 3 is 2.24 bits per heavy atom. The second-order valence-electron chi connectivity index (χ2n) is 5.19. The van der Waals surface area contributed by atoms with E-state index in [1.54, 1.807) is 6.07 Å². The van der Waals surface area contributed by atoms with E-state index in [1.165, 1.54) is 24.3 Å². The summed E-state index contributed by atoms with van der Waals surface area (Å²) >= 11 is 0. The van der Waals surface area contributed by atoms with Crippen LogP contribution in [0.1, 0.15) is 15.9 Å². The molecule has 9 heteroatoms. The van der Waals surface area contributed by atoms with E-state index in [4.69, 9.17) is 0 Å². The molecule has 0 aliphatic carbocycles. The zero-order chi connectivity index (χ0) is 18.4. The van der Waals surface area contributed by atoms with E-state index < -0.39 is 33.3 Å². The molecule has 0 aliphatic rings. The van der Waals surface area contributed by atoms with Crippen molar-refractivity contribution in [2.75, 3.05) is 0 Å². The molecule has 3 rings (SSSR count). The topological polar surface area (TPSA) is 76.4 Å². The molecule has 1 heterocycles. The first-order valence-electron chi connectivity index (χ1n) is 6.88. The summed E-state index contributed by atoms with van der Waals surface area (Å²) in [6.07, 6.45) is -3.86. The highest BCUT2D eigenvalue weighted by atomic mass is 32.2. The zero-order valence-electron chi connectivity index (χ0n) is 12.4. The molecule has 0 atom stereocenters. The molecule has 2 aromatic carbocycles. The Labute approximate surface area is 140 Å². The van der Waals surface area contributed by atoms with Gasteiger partial charge in [0.2, 0.25) is 0 Å². The number of halogens is 3. The maximum atomic E-state index is 12.9. The van der Waals surface area contributed by atoms with Crippen molar-refractivity contribution in [2.24, 2.45) is 0 Å².